The van der Waals surface area contributed by atoms with Gasteiger partial charge in [0, 0.05) is 6.42 Å². The van der Waals surface area contributed by atoms with Crippen molar-refractivity contribution in [2.45, 2.75) is 46.1 Å². The lowest BCUT2D eigenvalue weighted by atomic mass is 9.99. The first-order chi connectivity index (χ1) is 12.6. The van der Waals surface area contributed by atoms with Crippen molar-refractivity contribution in [1.29, 1.82) is 0 Å². The summed E-state index contributed by atoms with van der Waals surface area (Å²) >= 11 is 0. The second kappa shape index (κ2) is 8.26. The minimum absolute atomic E-state index is 0.0575. The number of rotatable bonds is 6. The van der Waals surface area contributed by atoms with Crippen LogP contribution < -0.4 is 14.8 Å². The molecule has 4 nitrogen and oxygen atoms in total. The average Bonchev–Trinajstić information content (AvgIpc) is 2.66. The fourth-order valence-electron chi connectivity index (χ4n) is 3.17. The van der Waals surface area contributed by atoms with E-state index in [9.17, 15) is 4.79 Å². The van der Waals surface area contributed by atoms with Crippen LogP contribution in [0.25, 0.3) is 0 Å². The van der Waals surface area contributed by atoms with Gasteiger partial charge in [0.05, 0.1) is 6.04 Å². The summed E-state index contributed by atoms with van der Waals surface area (Å²) in [5, 5.41) is 3.17. The lowest BCUT2D eigenvalue weighted by molar-refractivity contribution is -0.121. The first-order valence-electron chi connectivity index (χ1n) is 9.32. The molecule has 2 aromatic rings. The summed E-state index contributed by atoms with van der Waals surface area (Å²) in [4.78, 5) is 12.4. The van der Waals surface area contributed by atoms with Crippen molar-refractivity contribution in [3.63, 3.8) is 0 Å². The third-order valence-corrected chi connectivity index (χ3v) is 4.92. The number of aryl methyl sites for hydroxylation is 3. The van der Waals surface area contributed by atoms with Gasteiger partial charge in [-0.3, -0.25) is 4.79 Å². The second-order valence-corrected chi connectivity index (χ2v) is 6.85. The van der Waals surface area contributed by atoms with Crippen molar-refractivity contribution in [2.75, 3.05) is 13.2 Å². The van der Waals surface area contributed by atoms with E-state index in [-0.39, 0.29) is 11.9 Å². The van der Waals surface area contributed by atoms with Crippen LogP contribution in [0.3, 0.4) is 0 Å². The standard InChI is InChI=1S/C22H27NO3/c1-4-19(18-8-5-15(2)16(3)13-18)23-22(24)10-7-17-6-9-20-21(14-17)26-12-11-25-20/h5-6,8-9,13-14,19H,4,7,10-12H2,1-3H3,(H,23,24). The summed E-state index contributed by atoms with van der Waals surface area (Å²) in [6.45, 7) is 7.47. The molecule has 1 aliphatic rings. The molecular weight excluding hydrogens is 326 g/mol. The lowest BCUT2D eigenvalue weighted by Crippen LogP contribution is -2.28. The number of carbonyl (C=O) groups is 1. The highest BCUT2D eigenvalue weighted by Gasteiger charge is 2.15. The molecule has 138 valence electrons. The third kappa shape index (κ3) is 4.37. The summed E-state index contributed by atoms with van der Waals surface area (Å²) in [7, 11) is 0. The smallest absolute Gasteiger partial charge is 0.220 e. The number of carbonyl (C=O) groups excluding carboxylic acids is 1. The lowest BCUT2D eigenvalue weighted by Gasteiger charge is -2.20. The van der Waals surface area contributed by atoms with E-state index in [1.165, 1.54) is 16.7 Å². The van der Waals surface area contributed by atoms with E-state index < -0.39 is 0 Å². The fraction of sp³-hybridized carbons (Fsp3) is 0.409. The largest absolute Gasteiger partial charge is 0.486 e. The summed E-state index contributed by atoms with van der Waals surface area (Å²) < 4.78 is 11.1. The van der Waals surface area contributed by atoms with Crippen LogP contribution in [0.5, 0.6) is 11.5 Å². The predicted molar refractivity (Wildman–Crippen MR) is 103 cm³/mol. The van der Waals surface area contributed by atoms with Crippen molar-refractivity contribution >= 4 is 5.91 Å². The molecule has 1 unspecified atom stereocenters. The van der Waals surface area contributed by atoms with E-state index in [4.69, 9.17) is 9.47 Å². The Morgan fingerprint density at radius 1 is 1.04 bits per heavy atom. The highest BCUT2D eigenvalue weighted by Crippen LogP contribution is 2.31. The molecule has 1 aliphatic heterocycles. The first-order valence-corrected chi connectivity index (χ1v) is 9.32. The molecule has 26 heavy (non-hydrogen) atoms. The van der Waals surface area contributed by atoms with Gasteiger partial charge in [0.15, 0.2) is 11.5 Å². The summed E-state index contributed by atoms with van der Waals surface area (Å²) in [5.41, 5.74) is 4.78. The molecule has 4 heteroatoms. The van der Waals surface area contributed by atoms with E-state index in [0.29, 0.717) is 26.1 Å². The number of fused-ring (bicyclic) bond motifs is 1. The van der Waals surface area contributed by atoms with E-state index >= 15 is 0 Å². The second-order valence-electron chi connectivity index (χ2n) is 6.85. The van der Waals surface area contributed by atoms with Crippen molar-refractivity contribution in [2.24, 2.45) is 0 Å². The zero-order valence-corrected chi connectivity index (χ0v) is 15.8. The zero-order chi connectivity index (χ0) is 18.5. The molecule has 3 rings (SSSR count). The maximum Gasteiger partial charge on any atom is 0.220 e. The Labute approximate surface area is 155 Å². The Kier molecular flexibility index (Phi) is 5.82. The Bertz CT molecular complexity index is 785. The Balaban J connectivity index is 1.58. The average molecular weight is 353 g/mol. The molecule has 0 fully saturated rings. The monoisotopic (exact) mass is 353 g/mol. The highest BCUT2D eigenvalue weighted by molar-refractivity contribution is 5.76. The van der Waals surface area contributed by atoms with Gasteiger partial charge in [-0.2, -0.15) is 0 Å². The molecule has 0 bridgehead atoms. The van der Waals surface area contributed by atoms with Crippen LogP contribution >= 0.6 is 0 Å². The number of amides is 1. The summed E-state index contributed by atoms with van der Waals surface area (Å²) in [6, 6.07) is 12.4. The van der Waals surface area contributed by atoms with E-state index in [2.05, 4.69) is 44.3 Å². The number of hydrogen-bond acceptors (Lipinski definition) is 3. The minimum Gasteiger partial charge on any atom is -0.486 e. The van der Waals surface area contributed by atoms with Crippen LogP contribution in [-0.2, 0) is 11.2 Å². The molecule has 0 aliphatic carbocycles. The van der Waals surface area contributed by atoms with Crippen LogP contribution in [0.15, 0.2) is 36.4 Å². The maximum absolute atomic E-state index is 12.4. The van der Waals surface area contributed by atoms with Gasteiger partial charge in [-0.25, -0.2) is 0 Å². The van der Waals surface area contributed by atoms with Crippen LogP contribution in [0.2, 0.25) is 0 Å². The van der Waals surface area contributed by atoms with Crippen LogP contribution in [-0.4, -0.2) is 19.1 Å². The molecule has 1 N–H and O–H groups in total. The minimum atomic E-state index is 0.0575. The predicted octanol–water partition coefficient (Wildman–Crippen LogP) is 4.27. The van der Waals surface area contributed by atoms with Crippen molar-refractivity contribution in [1.82, 2.24) is 5.32 Å². The SMILES string of the molecule is CCC(NC(=O)CCc1ccc2c(c1)OCCO2)c1ccc(C)c(C)c1. The molecule has 0 saturated heterocycles. The van der Waals surface area contributed by atoms with Gasteiger partial charge >= 0.3 is 0 Å². The van der Waals surface area contributed by atoms with Gasteiger partial charge in [0.1, 0.15) is 13.2 Å². The molecule has 0 spiro atoms. The first kappa shape index (κ1) is 18.3. The van der Waals surface area contributed by atoms with Crippen LogP contribution in [0.1, 0.15) is 48.1 Å². The molecule has 0 radical (unpaired) electrons. The Morgan fingerprint density at radius 3 is 2.54 bits per heavy atom. The third-order valence-electron chi connectivity index (χ3n) is 4.92. The van der Waals surface area contributed by atoms with Gasteiger partial charge in [-0.05, 0) is 61.1 Å². The van der Waals surface area contributed by atoms with E-state index in [1.54, 1.807) is 0 Å². The quantitative estimate of drug-likeness (QED) is 0.843. The zero-order valence-electron chi connectivity index (χ0n) is 15.8. The summed E-state index contributed by atoms with van der Waals surface area (Å²) in [6.07, 6.45) is 2.02. The fourth-order valence-corrected chi connectivity index (χ4v) is 3.17. The molecule has 0 saturated carbocycles. The van der Waals surface area contributed by atoms with Crippen molar-refractivity contribution < 1.29 is 14.3 Å². The van der Waals surface area contributed by atoms with Gasteiger partial charge in [-0.15, -0.1) is 0 Å². The topological polar surface area (TPSA) is 47.6 Å². The van der Waals surface area contributed by atoms with Gasteiger partial charge < -0.3 is 14.8 Å². The Hall–Kier alpha value is -2.49. The van der Waals surface area contributed by atoms with Gasteiger partial charge in [-0.1, -0.05) is 31.2 Å². The van der Waals surface area contributed by atoms with Crippen molar-refractivity contribution in [3.05, 3.63) is 58.7 Å². The summed E-state index contributed by atoms with van der Waals surface area (Å²) in [5.74, 6) is 1.63. The number of nitrogens with one attached hydrogen (secondary N) is 1. The highest BCUT2D eigenvalue weighted by atomic mass is 16.6. The van der Waals surface area contributed by atoms with Gasteiger partial charge in [0.2, 0.25) is 5.91 Å². The molecule has 1 amide bonds. The van der Waals surface area contributed by atoms with E-state index in [0.717, 1.165) is 23.5 Å². The van der Waals surface area contributed by atoms with Gasteiger partial charge in [0.25, 0.3) is 0 Å². The molecular formula is C22H27NO3. The normalized spacial score (nSPS) is 14.0. The number of hydrogen-bond donors (Lipinski definition) is 1. The molecule has 0 aromatic heterocycles. The molecule has 1 heterocycles. The Morgan fingerprint density at radius 2 is 1.81 bits per heavy atom. The van der Waals surface area contributed by atoms with Crippen molar-refractivity contribution in [3.8, 4) is 11.5 Å². The molecule has 2 aromatic carbocycles. The number of benzene rings is 2. The van der Waals surface area contributed by atoms with Crippen LogP contribution in [0, 0.1) is 13.8 Å². The number of ether oxygens (including phenoxy) is 2. The van der Waals surface area contributed by atoms with E-state index in [1.807, 2.05) is 18.2 Å². The van der Waals surface area contributed by atoms with Crippen LogP contribution in [0.4, 0.5) is 0 Å². The molecule has 1 atom stereocenters. The maximum atomic E-state index is 12.4.